The summed E-state index contributed by atoms with van der Waals surface area (Å²) in [5.74, 6) is -1.77. The second-order valence-corrected chi connectivity index (χ2v) is 8.00. The highest BCUT2D eigenvalue weighted by atomic mass is 32.2. The van der Waals surface area contributed by atoms with Gasteiger partial charge in [0.15, 0.2) is 6.61 Å². The van der Waals surface area contributed by atoms with E-state index in [1.807, 2.05) is 38.1 Å². The second kappa shape index (κ2) is 9.45. The van der Waals surface area contributed by atoms with E-state index in [-0.39, 0.29) is 12.3 Å². The van der Waals surface area contributed by atoms with Crippen molar-refractivity contribution >= 4 is 47.0 Å². The average Bonchev–Trinajstić information content (AvgIpc) is 2.70. The van der Waals surface area contributed by atoms with E-state index in [4.69, 9.17) is 4.74 Å². The normalized spacial score (nSPS) is 14.9. The molecule has 0 fully saturated rings. The minimum Gasteiger partial charge on any atom is -0.456 e. The highest BCUT2D eigenvalue weighted by Gasteiger charge is 2.29. The van der Waals surface area contributed by atoms with Gasteiger partial charge in [-0.25, -0.2) is 4.79 Å². The summed E-state index contributed by atoms with van der Waals surface area (Å²) in [6, 6.07) is 11.9. The molecule has 156 valence electrons. The fourth-order valence-corrected chi connectivity index (χ4v) is 3.82. The second-order valence-electron chi connectivity index (χ2n) is 6.76. The molecule has 0 spiro atoms. The number of nitrogens with one attached hydrogen (secondary N) is 3. The molecule has 0 saturated carbocycles. The van der Waals surface area contributed by atoms with Crippen molar-refractivity contribution in [1.29, 1.82) is 0 Å². The number of urea groups is 1. The van der Waals surface area contributed by atoms with E-state index < -0.39 is 29.8 Å². The third-order valence-electron chi connectivity index (χ3n) is 4.44. The van der Waals surface area contributed by atoms with Crippen LogP contribution in [0, 0.1) is 13.8 Å². The number of carbonyl (C=O) groups is 4. The van der Waals surface area contributed by atoms with Gasteiger partial charge in [-0.3, -0.25) is 19.7 Å². The van der Waals surface area contributed by atoms with Gasteiger partial charge in [-0.05, 0) is 49.2 Å². The van der Waals surface area contributed by atoms with Gasteiger partial charge in [-0.2, -0.15) is 0 Å². The summed E-state index contributed by atoms with van der Waals surface area (Å²) >= 11 is 1.26. The molecular weight excluding hydrogens is 406 g/mol. The number of rotatable bonds is 5. The van der Waals surface area contributed by atoms with Crippen LogP contribution < -0.4 is 16.0 Å². The molecule has 1 atom stereocenters. The smallest absolute Gasteiger partial charge is 0.325 e. The Hall–Kier alpha value is -3.33. The van der Waals surface area contributed by atoms with E-state index in [2.05, 4.69) is 16.0 Å². The number of hydrogen-bond acceptors (Lipinski definition) is 6. The van der Waals surface area contributed by atoms with Crippen molar-refractivity contribution in [2.45, 2.75) is 30.4 Å². The van der Waals surface area contributed by atoms with Gasteiger partial charge in [0.2, 0.25) is 5.91 Å². The lowest BCUT2D eigenvalue weighted by Gasteiger charge is -2.23. The largest absolute Gasteiger partial charge is 0.456 e. The first-order valence-corrected chi connectivity index (χ1v) is 10.1. The Labute approximate surface area is 177 Å². The number of imide groups is 1. The Morgan fingerprint density at radius 3 is 2.63 bits per heavy atom. The van der Waals surface area contributed by atoms with Crippen LogP contribution in [0.1, 0.15) is 17.5 Å². The van der Waals surface area contributed by atoms with Crippen molar-refractivity contribution < 1.29 is 23.9 Å². The predicted molar refractivity (Wildman–Crippen MR) is 113 cm³/mol. The van der Waals surface area contributed by atoms with Crippen molar-refractivity contribution in [3.8, 4) is 0 Å². The van der Waals surface area contributed by atoms with E-state index in [1.54, 1.807) is 18.2 Å². The number of aryl methyl sites for hydroxylation is 2. The minimum absolute atomic E-state index is 0.188. The van der Waals surface area contributed by atoms with E-state index in [9.17, 15) is 19.2 Å². The molecule has 1 aliphatic heterocycles. The SMILES string of the molecule is Cc1ccc(NC(=O)NC(=O)COC(=O)C[C@H]2Sc3ccccc3NC2=O)cc1C. The van der Waals surface area contributed by atoms with Gasteiger partial charge in [0.25, 0.3) is 5.91 Å². The summed E-state index contributed by atoms with van der Waals surface area (Å²) in [6.45, 7) is 3.24. The van der Waals surface area contributed by atoms with Gasteiger partial charge in [-0.1, -0.05) is 18.2 Å². The summed E-state index contributed by atoms with van der Waals surface area (Å²) in [5.41, 5.74) is 3.32. The first-order chi connectivity index (χ1) is 14.3. The molecule has 0 unspecified atom stereocenters. The van der Waals surface area contributed by atoms with Crippen LogP contribution in [0.5, 0.6) is 0 Å². The van der Waals surface area contributed by atoms with Crippen molar-refractivity contribution in [1.82, 2.24) is 5.32 Å². The number of carbonyl (C=O) groups excluding carboxylic acids is 4. The summed E-state index contributed by atoms with van der Waals surface area (Å²) in [7, 11) is 0. The lowest BCUT2D eigenvalue weighted by Crippen LogP contribution is -2.37. The third kappa shape index (κ3) is 5.60. The van der Waals surface area contributed by atoms with Crippen LogP contribution in [0.2, 0.25) is 0 Å². The van der Waals surface area contributed by atoms with Gasteiger partial charge in [0.1, 0.15) is 0 Å². The van der Waals surface area contributed by atoms with Crippen molar-refractivity contribution in [3.63, 3.8) is 0 Å². The topological polar surface area (TPSA) is 114 Å². The van der Waals surface area contributed by atoms with Crippen LogP contribution >= 0.6 is 11.8 Å². The van der Waals surface area contributed by atoms with Crippen molar-refractivity contribution in [2.75, 3.05) is 17.2 Å². The van der Waals surface area contributed by atoms with Crippen molar-refractivity contribution in [2.24, 2.45) is 0 Å². The molecule has 0 bridgehead atoms. The monoisotopic (exact) mass is 427 g/mol. The molecule has 2 aromatic carbocycles. The Morgan fingerprint density at radius 2 is 1.87 bits per heavy atom. The molecule has 9 heteroatoms. The minimum atomic E-state index is -0.768. The van der Waals surface area contributed by atoms with Crippen LogP contribution in [0.25, 0.3) is 0 Å². The van der Waals surface area contributed by atoms with Crippen LogP contribution in [-0.4, -0.2) is 35.7 Å². The molecule has 0 radical (unpaired) electrons. The summed E-state index contributed by atoms with van der Waals surface area (Å²) in [5, 5.41) is 6.72. The highest BCUT2D eigenvalue weighted by molar-refractivity contribution is 8.01. The molecule has 0 saturated heterocycles. The maximum atomic E-state index is 12.1. The standard InChI is InChI=1S/C21H21N3O5S/c1-12-7-8-14(9-13(12)2)22-21(28)24-18(25)11-29-19(26)10-17-20(27)23-15-5-3-4-6-16(15)30-17/h3-9,17H,10-11H2,1-2H3,(H,23,27)(H2,22,24,25,28)/t17-/m1/s1. The molecule has 0 aromatic heterocycles. The number of fused-ring (bicyclic) bond motifs is 1. The molecule has 3 N–H and O–H groups in total. The predicted octanol–water partition coefficient (Wildman–Crippen LogP) is 3.00. The fourth-order valence-electron chi connectivity index (χ4n) is 2.73. The molecule has 30 heavy (non-hydrogen) atoms. The van der Waals surface area contributed by atoms with Gasteiger partial charge in [-0.15, -0.1) is 11.8 Å². The van der Waals surface area contributed by atoms with Gasteiger partial charge in [0, 0.05) is 10.6 Å². The number of hydrogen-bond donors (Lipinski definition) is 3. The molecule has 4 amide bonds. The van der Waals surface area contributed by atoms with Crippen molar-refractivity contribution in [3.05, 3.63) is 53.6 Å². The maximum Gasteiger partial charge on any atom is 0.325 e. The maximum absolute atomic E-state index is 12.1. The van der Waals surface area contributed by atoms with Crippen LogP contribution in [0.4, 0.5) is 16.2 Å². The van der Waals surface area contributed by atoms with Crippen LogP contribution in [0.3, 0.4) is 0 Å². The highest BCUT2D eigenvalue weighted by Crippen LogP contribution is 2.36. The van der Waals surface area contributed by atoms with Crippen LogP contribution in [0.15, 0.2) is 47.4 Å². The molecule has 8 nitrogen and oxygen atoms in total. The Bertz CT molecular complexity index is 1010. The summed E-state index contributed by atoms with van der Waals surface area (Å²) in [6.07, 6.45) is -0.188. The Morgan fingerprint density at radius 1 is 1.10 bits per heavy atom. The third-order valence-corrected chi connectivity index (χ3v) is 5.72. The van der Waals surface area contributed by atoms with Gasteiger partial charge < -0.3 is 15.4 Å². The lowest BCUT2D eigenvalue weighted by atomic mass is 10.1. The zero-order valence-corrected chi connectivity index (χ0v) is 17.3. The Kier molecular flexibility index (Phi) is 6.73. The first kappa shape index (κ1) is 21.4. The number of anilines is 2. The number of ether oxygens (including phenoxy) is 1. The molecule has 0 aliphatic carbocycles. The zero-order chi connectivity index (χ0) is 21.7. The first-order valence-electron chi connectivity index (χ1n) is 9.22. The molecular formula is C21H21N3O5S. The molecule has 1 heterocycles. The quantitative estimate of drug-likeness (QED) is 0.632. The average molecular weight is 427 g/mol. The number of para-hydroxylation sites is 1. The molecule has 2 aromatic rings. The molecule has 3 rings (SSSR count). The van der Waals surface area contributed by atoms with E-state index in [0.717, 1.165) is 16.0 Å². The van der Waals surface area contributed by atoms with Gasteiger partial charge >= 0.3 is 12.0 Å². The van der Waals surface area contributed by atoms with E-state index in [1.165, 1.54) is 11.8 Å². The fraction of sp³-hybridized carbons (Fsp3) is 0.238. The number of amides is 4. The number of thioether (sulfide) groups is 1. The number of esters is 1. The number of benzene rings is 2. The van der Waals surface area contributed by atoms with E-state index in [0.29, 0.717) is 11.4 Å². The summed E-state index contributed by atoms with van der Waals surface area (Å²) < 4.78 is 4.90. The van der Waals surface area contributed by atoms with Crippen LogP contribution in [-0.2, 0) is 19.1 Å². The summed E-state index contributed by atoms with van der Waals surface area (Å²) in [4.78, 5) is 48.8. The van der Waals surface area contributed by atoms with E-state index >= 15 is 0 Å². The Balaban J connectivity index is 1.43. The van der Waals surface area contributed by atoms with Gasteiger partial charge in [0.05, 0.1) is 17.4 Å². The lowest BCUT2D eigenvalue weighted by molar-refractivity contribution is -0.148. The molecule has 1 aliphatic rings. The zero-order valence-electron chi connectivity index (χ0n) is 16.5.